The second-order valence-electron chi connectivity index (χ2n) is 6.36. The number of carbonyl (C=O) groups excluding carboxylic acids is 1. The average Bonchev–Trinajstić information content (AvgIpc) is 2.95. The highest BCUT2D eigenvalue weighted by Gasteiger charge is 2.63. The maximum absolute atomic E-state index is 12.3. The van der Waals surface area contributed by atoms with Crippen molar-refractivity contribution in [2.75, 3.05) is 6.61 Å². The SMILES string of the molecule is CCOC1CC(N)(C(=O)NC2(C)CC2)C1(C)C. The molecule has 2 unspecified atom stereocenters. The van der Waals surface area contributed by atoms with Gasteiger partial charge in [-0.1, -0.05) is 13.8 Å². The standard InChI is InChI=1S/C13H24N2O2/c1-5-17-9-8-13(14,11(9,2)3)10(16)15-12(4)6-7-12/h9H,5-8,14H2,1-4H3,(H,15,16). The molecule has 2 saturated carbocycles. The van der Waals surface area contributed by atoms with Crippen LogP contribution in [0.4, 0.5) is 0 Å². The van der Waals surface area contributed by atoms with Crippen LogP contribution < -0.4 is 11.1 Å². The summed E-state index contributed by atoms with van der Waals surface area (Å²) in [4.78, 5) is 12.3. The molecule has 0 radical (unpaired) electrons. The minimum absolute atomic E-state index is 0.00374. The Balaban J connectivity index is 2.03. The van der Waals surface area contributed by atoms with Gasteiger partial charge in [0.1, 0.15) is 5.54 Å². The summed E-state index contributed by atoms with van der Waals surface area (Å²) in [5.41, 5.74) is 5.21. The quantitative estimate of drug-likeness (QED) is 0.775. The smallest absolute Gasteiger partial charge is 0.241 e. The molecule has 4 heteroatoms. The summed E-state index contributed by atoms with van der Waals surface area (Å²) < 4.78 is 5.62. The Morgan fingerprint density at radius 2 is 2.00 bits per heavy atom. The molecule has 0 aromatic heterocycles. The van der Waals surface area contributed by atoms with Gasteiger partial charge in [-0.15, -0.1) is 0 Å². The molecule has 0 aromatic carbocycles. The molecule has 4 nitrogen and oxygen atoms in total. The van der Waals surface area contributed by atoms with E-state index in [0.717, 1.165) is 12.8 Å². The highest BCUT2D eigenvalue weighted by molar-refractivity contribution is 5.89. The van der Waals surface area contributed by atoms with Crippen molar-refractivity contribution in [2.45, 2.75) is 64.1 Å². The first-order valence-corrected chi connectivity index (χ1v) is 6.48. The highest BCUT2D eigenvalue weighted by atomic mass is 16.5. The third-order valence-electron chi connectivity index (χ3n) is 4.65. The number of rotatable bonds is 4. The Hall–Kier alpha value is -0.610. The predicted octanol–water partition coefficient (Wildman–Crippen LogP) is 1.19. The van der Waals surface area contributed by atoms with Crippen LogP contribution in [0, 0.1) is 5.41 Å². The predicted molar refractivity (Wildman–Crippen MR) is 66.5 cm³/mol. The van der Waals surface area contributed by atoms with Gasteiger partial charge in [0.15, 0.2) is 0 Å². The van der Waals surface area contributed by atoms with Crippen molar-refractivity contribution in [3.05, 3.63) is 0 Å². The molecule has 0 bridgehead atoms. The minimum Gasteiger partial charge on any atom is -0.378 e. The number of nitrogens with one attached hydrogen (secondary N) is 1. The molecule has 98 valence electrons. The van der Waals surface area contributed by atoms with Crippen LogP contribution in [0.5, 0.6) is 0 Å². The maximum atomic E-state index is 12.3. The van der Waals surface area contributed by atoms with Gasteiger partial charge < -0.3 is 15.8 Å². The lowest BCUT2D eigenvalue weighted by molar-refractivity contribution is -0.171. The molecular formula is C13H24N2O2. The first-order valence-electron chi connectivity index (χ1n) is 6.48. The number of amides is 1. The van der Waals surface area contributed by atoms with E-state index in [1.165, 1.54) is 0 Å². The van der Waals surface area contributed by atoms with E-state index in [2.05, 4.69) is 12.2 Å². The Morgan fingerprint density at radius 1 is 1.41 bits per heavy atom. The van der Waals surface area contributed by atoms with E-state index in [0.29, 0.717) is 13.0 Å². The number of hydrogen-bond donors (Lipinski definition) is 2. The molecule has 2 aliphatic carbocycles. The van der Waals surface area contributed by atoms with Crippen molar-refractivity contribution in [1.82, 2.24) is 5.32 Å². The van der Waals surface area contributed by atoms with Crippen molar-refractivity contribution in [3.8, 4) is 0 Å². The topological polar surface area (TPSA) is 64.3 Å². The van der Waals surface area contributed by atoms with Gasteiger partial charge in [-0.2, -0.15) is 0 Å². The van der Waals surface area contributed by atoms with Gasteiger partial charge in [0.2, 0.25) is 5.91 Å². The van der Waals surface area contributed by atoms with Crippen LogP contribution in [0.3, 0.4) is 0 Å². The molecule has 17 heavy (non-hydrogen) atoms. The van der Waals surface area contributed by atoms with E-state index in [-0.39, 0.29) is 23.0 Å². The van der Waals surface area contributed by atoms with Crippen molar-refractivity contribution < 1.29 is 9.53 Å². The normalized spacial score (nSPS) is 37.1. The zero-order valence-electron chi connectivity index (χ0n) is 11.3. The van der Waals surface area contributed by atoms with E-state index in [9.17, 15) is 4.79 Å². The van der Waals surface area contributed by atoms with E-state index in [1.807, 2.05) is 20.8 Å². The van der Waals surface area contributed by atoms with Gasteiger partial charge in [0, 0.05) is 24.0 Å². The molecule has 0 aromatic rings. The van der Waals surface area contributed by atoms with Crippen LogP contribution in [0.2, 0.25) is 0 Å². The van der Waals surface area contributed by atoms with Gasteiger partial charge in [0.25, 0.3) is 0 Å². The van der Waals surface area contributed by atoms with Crippen molar-refractivity contribution >= 4 is 5.91 Å². The fraction of sp³-hybridized carbons (Fsp3) is 0.923. The third kappa shape index (κ3) is 1.87. The second-order valence-corrected chi connectivity index (χ2v) is 6.36. The molecular weight excluding hydrogens is 216 g/mol. The zero-order chi connectivity index (χ0) is 12.9. The van der Waals surface area contributed by atoms with Crippen molar-refractivity contribution in [2.24, 2.45) is 11.1 Å². The monoisotopic (exact) mass is 240 g/mol. The van der Waals surface area contributed by atoms with Gasteiger partial charge in [-0.3, -0.25) is 4.79 Å². The Morgan fingerprint density at radius 3 is 2.41 bits per heavy atom. The van der Waals surface area contributed by atoms with Crippen LogP contribution in [-0.4, -0.2) is 29.7 Å². The molecule has 1 amide bonds. The summed E-state index contributed by atoms with van der Waals surface area (Å²) in [5, 5.41) is 3.07. The molecule has 2 fully saturated rings. The first-order chi connectivity index (χ1) is 7.75. The number of nitrogens with two attached hydrogens (primary N) is 1. The maximum Gasteiger partial charge on any atom is 0.241 e. The lowest BCUT2D eigenvalue weighted by Gasteiger charge is -2.57. The van der Waals surface area contributed by atoms with Crippen molar-refractivity contribution in [3.63, 3.8) is 0 Å². The summed E-state index contributed by atoms with van der Waals surface area (Å²) in [6.07, 6.45) is 2.83. The molecule has 2 rings (SSSR count). The van der Waals surface area contributed by atoms with Crippen LogP contribution in [0.25, 0.3) is 0 Å². The first kappa shape index (κ1) is 12.8. The zero-order valence-corrected chi connectivity index (χ0v) is 11.3. The number of carbonyl (C=O) groups is 1. The van der Waals surface area contributed by atoms with Crippen LogP contribution in [0.15, 0.2) is 0 Å². The molecule has 0 saturated heterocycles. The van der Waals surface area contributed by atoms with Crippen molar-refractivity contribution in [1.29, 1.82) is 0 Å². The van der Waals surface area contributed by atoms with Gasteiger partial charge in [-0.25, -0.2) is 0 Å². The fourth-order valence-electron chi connectivity index (χ4n) is 2.52. The van der Waals surface area contributed by atoms with Crippen LogP contribution in [-0.2, 0) is 9.53 Å². The lowest BCUT2D eigenvalue weighted by Crippen LogP contribution is -2.76. The van der Waals surface area contributed by atoms with Crippen LogP contribution in [0.1, 0.15) is 47.0 Å². The second kappa shape index (κ2) is 3.69. The Bertz CT molecular complexity index is 336. The molecule has 2 atom stereocenters. The molecule has 0 aliphatic heterocycles. The Kier molecular flexibility index (Phi) is 2.79. The molecule has 0 spiro atoms. The largest absolute Gasteiger partial charge is 0.378 e. The van der Waals surface area contributed by atoms with E-state index in [4.69, 9.17) is 10.5 Å². The summed E-state index contributed by atoms with van der Waals surface area (Å²) in [5.74, 6) is -0.0153. The van der Waals surface area contributed by atoms with Gasteiger partial charge in [0.05, 0.1) is 6.10 Å². The molecule has 3 N–H and O–H groups in total. The van der Waals surface area contributed by atoms with E-state index >= 15 is 0 Å². The molecule has 2 aliphatic rings. The minimum atomic E-state index is -0.779. The summed E-state index contributed by atoms with van der Waals surface area (Å²) in [6, 6.07) is 0. The van der Waals surface area contributed by atoms with Crippen LogP contribution >= 0.6 is 0 Å². The van der Waals surface area contributed by atoms with Gasteiger partial charge in [-0.05, 0) is 26.7 Å². The van der Waals surface area contributed by atoms with E-state index in [1.54, 1.807) is 0 Å². The summed E-state index contributed by atoms with van der Waals surface area (Å²) in [7, 11) is 0. The van der Waals surface area contributed by atoms with E-state index < -0.39 is 5.54 Å². The summed E-state index contributed by atoms with van der Waals surface area (Å²) >= 11 is 0. The number of ether oxygens (including phenoxy) is 1. The Labute approximate surface area is 103 Å². The average molecular weight is 240 g/mol. The highest BCUT2D eigenvalue weighted by Crippen LogP contribution is 2.50. The lowest BCUT2D eigenvalue weighted by atomic mass is 9.54. The fourth-order valence-corrected chi connectivity index (χ4v) is 2.52. The molecule has 0 heterocycles. The van der Waals surface area contributed by atoms with Gasteiger partial charge >= 0.3 is 0 Å². The third-order valence-corrected chi connectivity index (χ3v) is 4.65. The summed E-state index contributed by atoms with van der Waals surface area (Å²) in [6.45, 7) is 8.75. The number of hydrogen-bond acceptors (Lipinski definition) is 3.